The third kappa shape index (κ3) is 1.82. The molecule has 1 aromatic rings. The fraction of sp³-hybridized carbons (Fsp3) is 0.364. The number of carbonyl (C=O) groups excluding carboxylic acids is 1. The van der Waals surface area contributed by atoms with Gasteiger partial charge in [0.05, 0.1) is 6.54 Å². The molecule has 0 unspecified atom stereocenters. The lowest BCUT2D eigenvalue weighted by Crippen LogP contribution is -2.20. The van der Waals surface area contributed by atoms with E-state index in [0.29, 0.717) is 18.7 Å². The number of carbonyl (C=O) groups is 1. The van der Waals surface area contributed by atoms with Gasteiger partial charge in [-0.3, -0.25) is 4.79 Å². The molecule has 1 heterocycles. The summed E-state index contributed by atoms with van der Waals surface area (Å²) in [5.74, 6) is 0.337. The van der Waals surface area contributed by atoms with Crippen molar-refractivity contribution in [1.82, 2.24) is 0 Å². The largest absolute Gasteiger partial charge is 0.364 e. The van der Waals surface area contributed by atoms with Crippen LogP contribution in [0.4, 0.5) is 5.69 Å². The molecule has 1 aliphatic rings. The second-order valence-corrected chi connectivity index (χ2v) is 4.56. The van der Waals surface area contributed by atoms with E-state index in [4.69, 9.17) is 0 Å². The maximum absolute atomic E-state index is 11.2. The smallest absolute Gasteiger partial charge is 0.153 e. The number of hydrogen-bond acceptors (Lipinski definition) is 2. The van der Waals surface area contributed by atoms with Crippen LogP contribution in [0.2, 0.25) is 0 Å². The highest BCUT2D eigenvalue weighted by molar-refractivity contribution is 9.10. The van der Waals surface area contributed by atoms with Gasteiger partial charge in [-0.15, -0.1) is 0 Å². The molecule has 0 N–H and O–H groups in total. The molecular weight excluding hydrogens is 242 g/mol. The summed E-state index contributed by atoms with van der Waals surface area (Å²) in [6, 6.07) is 6.17. The summed E-state index contributed by atoms with van der Waals surface area (Å²) in [6.45, 7) is 3.50. The monoisotopic (exact) mass is 253 g/mol. The molecule has 0 bridgehead atoms. The van der Waals surface area contributed by atoms with Crippen molar-refractivity contribution in [2.45, 2.75) is 13.3 Å². The molecule has 0 atom stereocenters. The number of halogens is 1. The summed E-state index contributed by atoms with van der Waals surface area (Å²) in [4.78, 5) is 13.3. The minimum Gasteiger partial charge on any atom is -0.364 e. The topological polar surface area (TPSA) is 20.3 Å². The van der Waals surface area contributed by atoms with Crippen LogP contribution in [0.25, 0.3) is 0 Å². The van der Waals surface area contributed by atoms with Gasteiger partial charge in [0.1, 0.15) is 0 Å². The molecule has 1 fully saturated rings. The number of hydrogen-bond donors (Lipinski definition) is 0. The van der Waals surface area contributed by atoms with Gasteiger partial charge in [0.15, 0.2) is 5.78 Å². The van der Waals surface area contributed by atoms with E-state index < -0.39 is 0 Å². The molecule has 0 aromatic heterocycles. The van der Waals surface area contributed by atoms with Gasteiger partial charge in [0.2, 0.25) is 0 Å². The molecule has 14 heavy (non-hydrogen) atoms. The molecule has 0 saturated carbocycles. The van der Waals surface area contributed by atoms with Crippen LogP contribution in [-0.2, 0) is 4.79 Å². The highest BCUT2D eigenvalue weighted by atomic mass is 79.9. The number of ketones is 1. The molecule has 74 valence electrons. The molecule has 0 aliphatic carbocycles. The van der Waals surface area contributed by atoms with Crippen LogP contribution >= 0.6 is 15.9 Å². The van der Waals surface area contributed by atoms with Gasteiger partial charge in [0.25, 0.3) is 0 Å². The first-order valence-corrected chi connectivity index (χ1v) is 5.49. The maximum Gasteiger partial charge on any atom is 0.153 e. The zero-order chi connectivity index (χ0) is 10.1. The Kier molecular flexibility index (Phi) is 2.59. The summed E-state index contributed by atoms with van der Waals surface area (Å²) in [5, 5.41) is 0. The predicted molar refractivity (Wildman–Crippen MR) is 60.7 cm³/mol. The van der Waals surface area contributed by atoms with E-state index in [1.807, 2.05) is 6.07 Å². The number of aryl methyl sites for hydroxylation is 1. The molecular formula is C11H12BrNO. The summed E-state index contributed by atoms with van der Waals surface area (Å²) < 4.78 is 1.07. The van der Waals surface area contributed by atoms with Crippen molar-refractivity contribution in [2.24, 2.45) is 0 Å². The van der Waals surface area contributed by atoms with Crippen LogP contribution < -0.4 is 4.90 Å². The van der Waals surface area contributed by atoms with Crippen LogP contribution in [0.15, 0.2) is 22.7 Å². The van der Waals surface area contributed by atoms with Gasteiger partial charge in [-0.25, -0.2) is 0 Å². The van der Waals surface area contributed by atoms with Crippen molar-refractivity contribution in [3.63, 3.8) is 0 Å². The van der Waals surface area contributed by atoms with E-state index in [0.717, 1.165) is 11.0 Å². The summed E-state index contributed by atoms with van der Waals surface area (Å²) in [7, 11) is 0. The predicted octanol–water partition coefficient (Wildman–Crippen LogP) is 2.54. The highest BCUT2D eigenvalue weighted by Gasteiger charge is 2.20. The normalized spacial score (nSPS) is 16.4. The van der Waals surface area contributed by atoms with Crippen molar-refractivity contribution >= 4 is 27.4 Å². The number of rotatable bonds is 1. The number of Topliss-reactive ketones (excluding diaryl/α,β-unsaturated/α-hetero) is 1. The Hall–Kier alpha value is -0.830. The van der Waals surface area contributed by atoms with Crippen molar-refractivity contribution < 1.29 is 4.79 Å². The van der Waals surface area contributed by atoms with Gasteiger partial charge < -0.3 is 4.90 Å². The van der Waals surface area contributed by atoms with E-state index in [1.165, 1.54) is 11.3 Å². The van der Waals surface area contributed by atoms with E-state index in [-0.39, 0.29) is 0 Å². The second-order valence-electron chi connectivity index (χ2n) is 3.64. The van der Waals surface area contributed by atoms with Crippen molar-refractivity contribution in [3.8, 4) is 0 Å². The first kappa shape index (κ1) is 9.71. The van der Waals surface area contributed by atoms with Crippen molar-refractivity contribution in [3.05, 3.63) is 28.2 Å². The zero-order valence-corrected chi connectivity index (χ0v) is 9.67. The number of anilines is 1. The lowest BCUT2D eigenvalue weighted by atomic mass is 10.2. The summed E-state index contributed by atoms with van der Waals surface area (Å²) >= 11 is 3.45. The van der Waals surface area contributed by atoms with Gasteiger partial charge in [-0.2, -0.15) is 0 Å². The van der Waals surface area contributed by atoms with Crippen LogP contribution in [-0.4, -0.2) is 18.9 Å². The lowest BCUT2D eigenvalue weighted by Gasteiger charge is -2.19. The minimum absolute atomic E-state index is 0.337. The Morgan fingerprint density at radius 2 is 2.21 bits per heavy atom. The molecule has 0 spiro atoms. The Bertz CT molecular complexity index is 376. The Balaban J connectivity index is 2.31. The van der Waals surface area contributed by atoms with E-state index in [1.54, 1.807) is 0 Å². The molecule has 1 aromatic carbocycles. The molecule has 2 nitrogen and oxygen atoms in total. The molecule has 0 amide bonds. The van der Waals surface area contributed by atoms with Crippen LogP contribution in [0.5, 0.6) is 0 Å². The Morgan fingerprint density at radius 3 is 2.86 bits per heavy atom. The van der Waals surface area contributed by atoms with Crippen molar-refractivity contribution in [2.75, 3.05) is 18.0 Å². The molecule has 2 rings (SSSR count). The average Bonchev–Trinajstić information content (AvgIpc) is 2.56. The number of nitrogens with zero attached hydrogens (tertiary/aromatic N) is 1. The SMILES string of the molecule is Cc1ccc(Br)cc1N1CCC(=O)C1. The third-order valence-electron chi connectivity index (χ3n) is 2.54. The van der Waals surface area contributed by atoms with Gasteiger partial charge in [-0.1, -0.05) is 22.0 Å². The summed E-state index contributed by atoms with van der Waals surface area (Å²) in [6.07, 6.45) is 0.686. The third-order valence-corrected chi connectivity index (χ3v) is 3.03. The van der Waals surface area contributed by atoms with Crippen LogP contribution in [0.1, 0.15) is 12.0 Å². The van der Waals surface area contributed by atoms with E-state index in [9.17, 15) is 4.79 Å². The Labute approximate surface area is 92.0 Å². The minimum atomic E-state index is 0.337. The van der Waals surface area contributed by atoms with Gasteiger partial charge >= 0.3 is 0 Å². The standard InChI is InChI=1S/C11H12BrNO/c1-8-2-3-9(12)6-11(8)13-5-4-10(14)7-13/h2-3,6H,4-5,7H2,1H3. The van der Waals surface area contributed by atoms with Gasteiger partial charge in [-0.05, 0) is 24.6 Å². The first-order valence-electron chi connectivity index (χ1n) is 4.69. The van der Waals surface area contributed by atoms with E-state index in [2.05, 4.69) is 39.9 Å². The van der Waals surface area contributed by atoms with Crippen molar-refractivity contribution in [1.29, 1.82) is 0 Å². The second kappa shape index (κ2) is 3.73. The Morgan fingerprint density at radius 1 is 1.43 bits per heavy atom. The average molecular weight is 254 g/mol. The molecule has 3 heteroatoms. The fourth-order valence-corrected chi connectivity index (χ4v) is 2.11. The highest BCUT2D eigenvalue weighted by Crippen LogP contribution is 2.26. The number of benzene rings is 1. The fourth-order valence-electron chi connectivity index (χ4n) is 1.76. The van der Waals surface area contributed by atoms with Crippen LogP contribution in [0.3, 0.4) is 0 Å². The zero-order valence-electron chi connectivity index (χ0n) is 8.09. The molecule has 0 radical (unpaired) electrons. The lowest BCUT2D eigenvalue weighted by molar-refractivity contribution is -0.116. The van der Waals surface area contributed by atoms with Crippen LogP contribution in [0, 0.1) is 6.92 Å². The van der Waals surface area contributed by atoms with E-state index >= 15 is 0 Å². The van der Waals surface area contributed by atoms with Gasteiger partial charge in [0, 0.05) is 23.1 Å². The maximum atomic E-state index is 11.2. The molecule has 1 aliphatic heterocycles. The quantitative estimate of drug-likeness (QED) is 0.767. The molecule has 1 saturated heterocycles. The first-order chi connectivity index (χ1) is 6.66. The summed E-state index contributed by atoms with van der Waals surface area (Å²) in [5.41, 5.74) is 2.40.